The monoisotopic (exact) mass is 392 g/mol. The van der Waals surface area contributed by atoms with Gasteiger partial charge in [0.1, 0.15) is 12.4 Å². The molecule has 2 aromatic rings. The summed E-state index contributed by atoms with van der Waals surface area (Å²) in [6.45, 7) is 8.19. The van der Waals surface area contributed by atoms with Crippen LogP contribution >= 0.6 is 0 Å². The van der Waals surface area contributed by atoms with Gasteiger partial charge in [0, 0.05) is 18.7 Å². The number of ether oxygens (including phenoxy) is 1. The van der Waals surface area contributed by atoms with Crippen molar-refractivity contribution in [2.75, 3.05) is 23.4 Å². The molecule has 2 aromatic carbocycles. The zero-order valence-corrected chi connectivity index (χ0v) is 17.1. The second kappa shape index (κ2) is 8.95. The van der Waals surface area contributed by atoms with Crippen molar-refractivity contribution in [3.63, 3.8) is 0 Å². The lowest BCUT2D eigenvalue weighted by Gasteiger charge is -2.27. The molecule has 0 fully saturated rings. The molecule has 0 saturated heterocycles. The number of fused-ring (bicyclic) bond motifs is 1. The summed E-state index contributed by atoms with van der Waals surface area (Å²) in [7, 11) is 0. The Kier molecular flexibility index (Phi) is 6.37. The normalized spacial score (nSPS) is 15.1. The zero-order chi connectivity index (χ0) is 20.9. The highest BCUT2D eigenvalue weighted by atomic mass is 16.5. The molecule has 0 aliphatic carbocycles. The van der Waals surface area contributed by atoms with Gasteiger partial charge in [-0.2, -0.15) is 0 Å². The van der Waals surface area contributed by atoms with Crippen molar-refractivity contribution in [1.29, 1.82) is 0 Å². The van der Waals surface area contributed by atoms with E-state index in [0.717, 1.165) is 12.8 Å². The Morgan fingerprint density at radius 1 is 1.24 bits per heavy atom. The molecule has 5 heteroatoms. The van der Waals surface area contributed by atoms with E-state index < -0.39 is 5.41 Å². The smallest absolute Gasteiger partial charge is 0.236 e. The SMILES string of the molecule is C=CCN1C(=O)C(C)(C)COc2ccc(NC(=O)CCCc3ccccc3)cc21. The number of carbonyl (C=O) groups is 2. The van der Waals surface area contributed by atoms with Crippen LogP contribution in [-0.4, -0.2) is 25.0 Å². The second-order valence-electron chi connectivity index (χ2n) is 7.95. The number of benzene rings is 2. The average molecular weight is 392 g/mol. The van der Waals surface area contributed by atoms with E-state index in [0.29, 0.717) is 36.7 Å². The van der Waals surface area contributed by atoms with Gasteiger partial charge in [-0.3, -0.25) is 9.59 Å². The van der Waals surface area contributed by atoms with Crippen molar-refractivity contribution in [2.24, 2.45) is 5.41 Å². The molecular weight excluding hydrogens is 364 g/mol. The Bertz CT molecular complexity index is 890. The number of amides is 2. The number of hydrogen-bond donors (Lipinski definition) is 1. The van der Waals surface area contributed by atoms with E-state index in [-0.39, 0.29) is 11.8 Å². The fraction of sp³-hybridized carbons (Fsp3) is 0.333. The van der Waals surface area contributed by atoms with Crippen LogP contribution in [0.5, 0.6) is 5.75 Å². The van der Waals surface area contributed by atoms with Gasteiger partial charge in [-0.1, -0.05) is 36.4 Å². The van der Waals surface area contributed by atoms with Crippen LogP contribution in [0.4, 0.5) is 11.4 Å². The first-order valence-corrected chi connectivity index (χ1v) is 9.94. The third-order valence-corrected chi connectivity index (χ3v) is 4.97. The molecule has 5 nitrogen and oxygen atoms in total. The summed E-state index contributed by atoms with van der Waals surface area (Å²) < 4.78 is 5.88. The maximum absolute atomic E-state index is 12.9. The van der Waals surface area contributed by atoms with Crippen LogP contribution in [0.15, 0.2) is 61.2 Å². The van der Waals surface area contributed by atoms with Gasteiger partial charge in [-0.15, -0.1) is 6.58 Å². The number of hydrogen-bond acceptors (Lipinski definition) is 3. The maximum Gasteiger partial charge on any atom is 0.236 e. The number of rotatable bonds is 7. The highest BCUT2D eigenvalue weighted by molar-refractivity contribution is 6.00. The molecule has 0 saturated carbocycles. The highest BCUT2D eigenvalue weighted by Gasteiger charge is 2.37. The van der Waals surface area contributed by atoms with E-state index >= 15 is 0 Å². The summed E-state index contributed by atoms with van der Waals surface area (Å²) in [5.41, 5.74) is 1.90. The fourth-order valence-corrected chi connectivity index (χ4v) is 3.35. The molecule has 0 unspecified atom stereocenters. The minimum atomic E-state index is -0.636. The maximum atomic E-state index is 12.9. The molecule has 1 heterocycles. The van der Waals surface area contributed by atoms with Crippen LogP contribution in [0.1, 0.15) is 32.3 Å². The molecule has 1 N–H and O–H groups in total. The van der Waals surface area contributed by atoms with E-state index in [9.17, 15) is 9.59 Å². The highest BCUT2D eigenvalue weighted by Crippen LogP contribution is 2.38. The van der Waals surface area contributed by atoms with E-state index in [1.54, 1.807) is 23.1 Å². The summed E-state index contributed by atoms with van der Waals surface area (Å²) in [6, 6.07) is 15.5. The van der Waals surface area contributed by atoms with Crippen LogP contribution in [0.3, 0.4) is 0 Å². The number of carbonyl (C=O) groups excluding carboxylic acids is 2. The minimum absolute atomic E-state index is 0.0255. The molecule has 1 aliphatic heterocycles. The van der Waals surface area contributed by atoms with Gasteiger partial charge in [0.15, 0.2) is 0 Å². The number of nitrogens with one attached hydrogen (secondary N) is 1. The molecule has 0 spiro atoms. The van der Waals surface area contributed by atoms with Gasteiger partial charge in [0.25, 0.3) is 0 Å². The van der Waals surface area contributed by atoms with Gasteiger partial charge < -0.3 is 15.0 Å². The Morgan fingerprint density at radius 2 is 2.00 bits per heavy atom. The van der Waals surface area contributed by atoms with Gasteiger partial charge in [-0.05, 0) is 50.5 Å². The van der Waals surface area contributed by atoms with Gasteiger partial charge in [-0.25, -0.2) is 0 Å². The first-order chi connectivity index (χ1) is 13.9. The second-order valence-corrected chi connectivity index (χ2v) is 7.95. The number of anilines is 2. The van der Waals surface area contributed by atoms with Gasteiger partial charge in [0.05, 0.1) is 11.1 Å². The van der Waals surface area contributed by atoms with Crippen molar-refractivity contribution in [1.82, 2.24) is 0 Å². The lowest BCUT2D eigenvalue weighted by atomic mass is 9.93. The molecule has 152 valence electrons. The van der Waals surface area contributed by atoms with E-state index in [1.807, 2.05) is 38.1 Å². The molecule has 0 atom stereocenters. The molecular formula is C24H28N2O3. The van der Waals surface area contributed by atoms with E-state index in [1.165, 1.54) is 5.56 Å². The van der Waals surface area contributed by atoms with Crippen molar-refractivity contribution < 1.29 is 14.3 Å². The Morgan fingerprint density at radius 3 is 2.72 bits per heavy atom. The van der Waals surface area contributed by atoms with Crippen molar-refractivity contribution in [2.45, 2.75) is 33.1 Å². The lowest BCUT2D eigenvalue weighted by Crippen LogP contribution is -2.42. The molecule has 0 aromatic heterocycles. The summed E-state index contributed by atoms with van der Waals surface area (Å²) in [5.74, 6) is 0.563. The number of aryl methyl sites for hydroxylation is 1. The summed E-state index contributed by atoms with van der Waals surface area (Å²) >= 11 is 0. The molecule has 0 bridgehead atoms. The zero-order valence-electron chi connectivity index (χ0n) is 17.1. The molecule has 29 heavy (non-hydrogen) atoms. The summed E-state index contributed by atoms with van der Waals surface area (Å²) in [6.07, 6.45) is 3.77. The predicted octanol–water partition coefficient (Wildman–Crippen LogP) is 4.59. The minimum Gasteiger partial charge on any atom is -0.490 e. The van der Waals surface area contributed by atoms with Crippen LogP contribution < -0.4 is 15.0 Å². The third kappa shape index (κ3) is 5.05. The standard InChI is InChI=1S/C24H28N2O3/c1-4-15-26-20-16-19(13-14-21(20)29-17-24(2,3)23(26)28)25-22(27)12-8-11-18-9-6-5-7-10-18/h4-7,9-10,13-14,16H,1,8,11-12,15,17H2,2-3H3,(H,25,27). The lowest BCUT2D eigenvalue weighted by molar-refractivity contribution is -0.127. The first kappa shape index (κ1) is 20.6. The molecule has 1 aliphatic rings. The Labute approximate surface area is 172 Å². The third-order valence-electron chi connectivity index (χ3n) is 4.97. The quantitative estimate of drug-likeness (QED) is 0.702. The molecule has 0 radical (unpaired) electrons. The predicted molar refractivity (Wildman–Crippen MR) is 116 cm³/mol. The summed E-state index contributed by atoms with van der Waals surface area (Å²) in [4.78, 5) is 27.0. The largest absolute Gasteiger partial charge is 0.490 e. The van der Waals surface area contributed by atoms with Gasteiger partial charge in [0.2, 0.25) is 11.8 Å². The van der Waals surface area contributed by atoms with Crippen LogP contribution in [0.25, 0.3) is 0 Å². The molecule has 2 amide bonds. The number of nitrogens with zero attached hydrogens (tertiary/aromatic N) is 1. The van der Waals surface area contributed by atoms with Gasteiger partial charge >= 0.3 is 0 Å². The molecule has 3 rings (SSSR count). The van der Waals surface area contributed by atoms with Crippen molar-refractivity contribution in [3.8, 4) is 5.75 Å². The van der Waals surface area contributed by atoms with Crippen molar-refractivity contribution in [3.05, 3.63) is 66.7 Å². The summed E-state index contributed by atoms with van der Waals surface area (Å²) in [5, 5.41) is 2.94. The first-order valence-electron chi connectivity index (χ1n) is 9.94. The van der Waals surface area contributed by atoms with Crippen LogP contribution in [0.2, 0.25) is 0 Å². The van der Waals surface area contributed by atoms with Crippen molar-refractivity contribution >= 4 is 23.2 Å². The Balaban J connectivity index is 1.69. The topological polar surface area (TPSA) is 58.6 Å². The van der Waals surface area contributed by atoms with E-state index in [2.05, 4.69) is 24.0 Å². The average Bonchev–Trinajstić information content (AvgIpc) is 2.79. The fourth-order valence-electron chi connectivity index (χ4n) is 3.35. The Hall–Kier alpha value is -3.08. The van der Waals surface area contributed by atoms with E-state index in [4.69, 9.17) is 4.74 Å². The van der Waals surface area contributed by atoms with Crippen LogP contribution in [-0.2, 0) is 16.0 Å². The van der Waals surface area contributed by atoms with Crippen LogP contribution in [0, 0.1) is 5.41 Å².